The van der Waals surface area contributed by atoms with Crippen molar-refractivity contribution in [2.45, 2.75) is 32.4 Å². The van der Waals surface area contributed by atoms with Crippen LogP contribution in [0, 0.1) is 0 Å². The first-order valence-electron chi connectivity index (χ1n) is 7.78. The number of piperidine rings is 1. The molecule has 0 bridgehead atoms. The lowest BCUT2D eigenvalue weighted by atomic mass is 10.0. The van der Waals surface area contributed by atoms with Crippen molar-refractivity contribution in [1.82, 2.24) is 24.4 Å². The van der Waals surface area contributed by atoms with Crippen molar-refractivity contribution < 1.29 is 0 Å². The highest BCUT2D eigenvalue weighted by molar-refractivity contribution is 5.35. The van der Waals surface area contributed by atoms with Gasteiger partial charge in [-0.15, -0.1) is 5.10 Å². The van der Waals surface area contributed by atoms with Gasteiger partial charge in [0, 0.05) is 18.8 Å². The van der Waals surface area contributed by atoms with Gasteiger partial charge in [-0.1, -0.05) is 13.0 Å². The molecule has 1 N–H and O–H groups in total. The summed E-state index contributed by atoms with van der Waals surface area (Å²) in [5, 5.41) is 7.79. The van der Waals surface area contributed by atoms with Gasteiger partial charge < -0.3 is 5.32 Å². The molecule has 1 aliphatic rings. The van der Waals surface area contributed by atoms with Gasteiger partial charge in [0.25, 0.3) is 0 Å². The summed E-state index contributed by atoms with van der Waals surface area (Å²) >= 11 is 0. The molecule has 21 heavy (non-hydrogen) atoms. The molecule has 3 heterocycles. The van der Waals surface area contributed by atoms with Crippen LogP contribution in [-0.2, 0) is 6.54 Å². The largest absolute Gasteiger partial charge is 0.350 e. The Bertz CT molecular complexity index is 641. The van der Waals surface area contributed by atoms with E-state index in [9.17, 15) is 4.79 Å². The van der Waals surface area contributed by atoms with Gasteiger partial charge in [-0.2, -0.15) is 0 Å². The van der Waals surface area contributed by atoms with Crippen molar-refractivity contribution in [3.63, 3.8) is 0 Å². The van der Waals surface area contributed by atoms with Crippen LogP contribution in [0.15, 0.2) is 29.2 Å². The Balaban J connectivity index is 1.70. The monoisotopic (exact) mass is 289 g/mol. The second-order valence-corrected chi connectivity index (χ2v) is 5.54. The Labute approximate surface area is 124 Å². The summed E-state index contributed by atoms with van der Waals surface area (Å²) < 4.78 is 3.18. The summed E-state index contributed by atoms with van der Waals surface area (Å²) in [7, 11) is 0. The van der Waals surface area contributed by atoms with E-state index in [2.05, 4.69) is 22.2 Å². The van der Waals surface area contributed by atoms with Gasteiger partial charge in [0.05, 0.1) is 6.54 Å². The molecule has 1 fully saturated rings. The SMILES string of the molecule is CCN(CCn1nc2ccccn2c1=O)C1CCNCC1. The molecule has 0 aromatic carbocycles. The molecular weight excluding hydrogens is 266 g/mol. The molecule has 6 heteroatoms. The highest BCUT2D eigenvalue weighted by atomic mass is 16.2. The van der Waals surface area contributed by atoms with Gasteiger partial charge in [0.1, 0.15) is 0 Å². The van der Waals surface area contributed by atoms with E-state index in [0.717, 1.165) is 26.2 Å². The molecule has 1 saturated heterocycles. The standard InChI is InChI=1S/C15H23N5O/c1-2-18(13-6-8-16-9-7-13)11-12-20-15(21)19-10-4-3-5-14(19)17-20/h3-5,10,13,16H,2,6-9,11-12H2,1H3. The van der Waals surface area contributed by atoms with Crippen LogP contribution in [-0.4, -0.2) is 51.3 Å². The highest BCUT2D eigenvalue weighted by Gasteiger charge is 2.19. The number of aromatic nitrogens is 3. The third kappa shape index (κ3) is 3.01. The molecule has 2 aromatic rings. The molecule has 0 atom stereocenters. The highest BCUT2D eigenvalue weighted by Crippen LogP contribution is 2.11. The average Bonchev–Trinajstić information content (AvgIpc) is 2.86. The molecule has 0 radical (unpaired) electrons. The topological polar surface area (TPSA) is 54.6 Å². The lowest BCUT2D eigenvalue weighted by Gasteiger charge is -2.33. The maximum atomic E-state index is 12.2. The fourth-order valence-electron chi connectivity index (χ4n) is 3.11. The second kappa shape index (κ2) is 6.41. The zero-order valence-electron chi connectivity index (χ0n) is 12.5. The van der Waals surface area contributed by atoms with Gasteiger partial charge in [-0.05, 0) is 44.6 Å². The number of fused-ring (bicyclic) bond motifs is 1. The van der Waals surface area contributed by atoms with E-state index < -0.39 is 0 Å². The minimum absolute atomic E-state index is 0.0491. The van der Waals surface area contributed by atoms with Gasteiger partial charge >= 0.3 is 5.69 Å². The predicted octanol–water partition coefficient (Wildman–Crippen LogP) is 0.570. The van der Waals surface area contributed by atoms with Crippen molar-refractivity contribution in [3.05, 3.63) is 34.9 Å². The molecular formula is C15H23N5O. The Hall–Kier alpha value is -1.66. The minimum Gasteiger partial charge on any atom is -0.317 e. The Kier molecular flexibility index (Phi) is 4.36. The van der Waals surface area contributed by atoms with Crippen LogP contribution in [0.2, 0.25) is 0 Å². The minimum atomic E-state index is -0.0491. The zero-order valence-corrected chi connectivity index (χ0v) is 12.5. The Morgan fingerprint density at radius 3 is 2.90 bits per heavy atom. The van der Waals surface area contributed by atoms with Gasteiger partial charge in [-0.3, -0.25) is 9.30 Å². The number of pyridine rings is 1. The Morgan fingerprint density at radius 2 is 2.19 bits per heavy atom. The number of nitrogens with one attached hydrogen (secondary N) is 1. The van der Waals surface area contributed by atoms with Crippen LogP contribution in [0.25, 0.3) is 5.65 Å². The lowest BCUT2D eigenvalue weighted by Crippen LogP contribution is -2.44. The zero-order chi connectivity index (χ0) is 14.7. The molecule has 0 aliphatic carbocycles. The van der Waals surface area contributed by atoms with Crippen molar-refractivity contribution in [3.8, 4) is 0 Å². The molecule has 0 spiro atoms. The third-order valence-electron chi connectivity index (χ3n) is 4.32. The van der Waals surface area contributed by atoms with Crippen molar-refractivity contribution >= 4 is 5.65 Å². The van der Waals surface area contributed by atoms with Crippen LogP contribution >= 0.6 is 0 Å². The van der Waals surface area contributed by atoms with Crippen LogP contribution < -0.4 is 11.0 Å². The Morgan fingerprint density at radius 1 is 1.38 bits per heavy atom. The molecule has 2 aromatic heterocycles. The van der Waals surface area contributed by atoms with Crippen molar-refractivity contribution in [1.29, 1.82) is 0 Å². The first kappa shape index (κ1) is 14.3. The van der Waals surface area contributed by atoms with Gasteiger partial charge in [0.15, 0.2) is 5.65 Å². The normalized spacial score (nSPS) is 16.9. The van der Waals surface area contributed by atoms with E-state index in [0.29, 0.717) is 18.2 Å². The summed E-state index contributed by atoms with van der Waals surface area (Å²) in [5.74, 6) is 0. The molecule has 0 unspecified atom stereocenters. The quantitative estimate of drug-likeness (QED) is 0.874. The smallest absolute Gasteiger partial charge is 0.317 e. The maximum absolute atomic E-state index is 12.2. The van der Waals surface area contributed by atoms with Crippen LogP contribution in [0.4, 0.5) is 0 Å². The molecule has 114 valence electrons. The van der Waals surface area contributed by atoms with E-state index in [-0.39, 0.29) is 5.69 Å². The van der Waals surface area contributed by atoms with Crippen LogP contribution in [0.5, 0.6) is 0 Å². The molecule has 0 saturated carbocycles. The fourth-order valence-corrected chi connectivity index (χ4v) is 3.11. The number of hydrogen-bond donors (Lipinski definition) is 1. The summed E-state index contributed by atoms with van der Waals surface area (Å²) in [5.41, 5.74) is 0.666. The number of hydrogen-bond acceptors (Lipinski definition) is 4. The predicted molar refractivity (Wildman–Crippen MR) is 82.6 cm³/mol. The summed E-state index contributed by atoms with van der Waals surface area (Å²) in [6.45, 7) is 6.93. The lowest BCUT2D eigenvalue weighted by molar-refractivity contribution is 0.162. The molecule has 1 aliphatic heterocycles. The van der Waals surface area contributed by atoms with E-state index >= 15 is 0 Å². The fraction of sp³-hybridized carbons (Fsp3) is 0.600. The summed E-state index contributed by atoms with van der Waals surface area (Å²) in [6, 6.07) is 6.25. The summed E-state index contributed by atoms with van der Waals surface area (Å²) in [6.07, 6.45) is 4.15. The van der Waals surface area contributed by atoms with E-state index in [1.165, 1.54) is 12.8 Å². The number of likely N-dealkylation sites (N-methyl/N-ethyl adjacent to an activating group) is 1. The number of nitrogens with zero attached hydrogens (tertiary/aromatic N) is 4. The molecule has 3 rings (SSSR count). The molecule has 0 amide bonds. The average molecular weight is 289 g/mol. The van der Waals surface area contributed by atoms with Gasteiger partial charge in [-0.25, -0.2) is 9.48 Å². The van der Waals surface area contributed by atoms with Crippen LogP contribution in [0.1, 0.15) is 19.8 Å². The van der Waals surface area contributed by atoms with E-state index in [1.54, 1.807) is 15.3 Å². The first-order valence-corrected chi connectivity index (χ1v) is 7.78. The van der Waals surface area contributed by atoms with E-state index in [1.807, 2.05) is 18.2 Å². The maximum Gasteiger partial charge on any atom is 0.350 e. The van der Waals surface area contributed by atoms with Crippen molar-refractivity contribution in [2.75, 3.05) is 26.2 Å². The van der Waals surface area contributed by atoms with E-state index in [4.69, 9.17) is 0 Å². The molecule has 6 nitrogen and oxygen atoms in total. The van der Waals surface area contributed by atoms with Gasteiger partial charge in [0.2, 0.25) is 0 Å². The third-order valence-corrected chi connectivity index (χ3v) is 4.32. The summed E-state index contributed by atoms with van der Waals surface area (Å²) in [4.78, 5) is 14.7. The van der Waals surface area contributed by atoms with Crippen molar-refractivity contribution in [2.24, 2.45) is 0 Å². The number of rotatable bonds is 5. The van der Waals surface area contributed by atoms with Crippen LogP contribution in [0.3, 0.4) is 0 Å². The first-order chi connectivity index (χ1) is 10.3. The second-order valence-electron chi connectivity index (χ2n) is 5.54.